The summed E-state index contributed by atoms with van der Waals surface area (Å²) >= 11 is 0. The largest absolute Gasteiger partial charge is 0.307 e. The lowest BCUT2D eigenvalue weighted by molar-refractivity contribution is 0.436. The quantitative estimate of drug-likeness (QED) is 0.772. The standard InChI is InChI=1S/C10H20N4/c1-8(2)5-9(3)11-6-10-12-7-14(4)13-10/h7-9,11H,5-6H2,1-4H3. The first-order chi connectivity index (χ1) is 6.58. The average molecular weight is 196 g/mol. The highest BCUT2D eigenvalue weighted by Gasteiger charge is 2.05. The molecule has 1 atom stereocenters. The molecule has 80 valence electrons. The lowest BCUT2D eigenvalue weighted by Gasteiger charge is -2.14. The van der Waals surface area contributed by atoms with Crippen LogP contribution in [0.4, 0.5) is 0 Å². The van der Waals surface area contributed by atoms with E-state index in [1.54, 1.807) is 11.0 Å². The number of rotatable bonds is 5. The van der Waals surface area contributed by atoms with Crippen molar-refractivity contribution in [3.63, 3.8) is 0 Å². The Morgan fingerprint density at radius 2 is 2.14 bits per heavy atom. The molecule has 0 amide bonds. The summed E-state index contributed by atoms with van der Waals surface area (Å²) in [4.78, 5) is 4.16. The number of aryl methyl sites for hydroxylation is 1. The second kappa shape index (κ2) is 5.10. The highest BCUT2D eigenvalue weighted by Crippen LogP contribution is 2.03. The zero-order valence-corrected chi connectivity index (χ0v) is 9.49. The van der Waals surface area contributed by atoms with Crippen molar-refractivity contribution in [1.82, 2.24) is 20.1 Å². The minimum Gasteiger partial charge on any atom is -0.307 e. The summed E-state index contributed by atoms with van der Waals surface area (Å²) in [5, 5.41) is 7.61. The van der Waals surface area contributed by atoms with Gasteiger partial charge in [-0.2, -0.15) is 5.10 Å². The number of hydrogen-bond acceptors (Lipinski definition) is 3. The third-order valence-electron chi connectivity index (χ3n) is 2.08. The van der Waals surface area contributed by atoms with E-state index in [1.165, 1.54) is 6.42 Å². The molecule has 1 N–H and O–H groups in total. The normalized spacial score (nSPS) is 13.5. The fraction of sp³-hybridized carbons (Fsp3) is 0.800. The monoisotopic (exact) mass is 196 g/mol. The molecule has 0 bridgehead atoms. The molecule has 0 radical (unpaired) electrons. The van der Waals surface area contributed by atoms with Gasteiger partial charge in [-0.1, -0.05) is 13.8 Å². The number of nitrogens with one attached hydrogen (secondary N) is 1. The minimum atomic E-state index is 0.527. The summed E-state index contributed by atoms with van der Waals surface area (Å²) in [5.74, 6) is 1.59. The van der Waals surface area contributed by atoms with Gasteiger partial charge >= 0.3 is 0 Å². The van der Waals surface area contributed by atoms with Crippen molar-refractivity contribution in [1.29, 1.82) is 0 Å². The van der Waals surface area contributed by atoms with E-state index in [2.05, 4.69) is 36.2 Å². The lowest BCUT2D eigenvalue weighted by Crippen LogP contribution is -2.27. The van der Waals surface area contributed by atoms with E-state index in [0.29, 0.717) is 6.04 Å². The molecule has 4 nitrogen and oxygen atoms in total. The van der Waals surface area contributed by atoms with E-state index in [9.17, 15) is 0 Å². The molecule has 0 spiro atoms. The van der Waals surface area contributed by atoms with Crippen LogP contribution >= 0.6 is 0 Å². The molecule has 1 unspecified atom stereocenters. The fourth-order valence-corrected chi connectivity index (χ4v) is 1.52. The molecular weight excluding hydrogens is 176 g/mol. The molecule has 0 aliphatic carbocycles. The van der Waals surface area contributed by atoms with E-state index in [1.807, 2.05) is 7.05 Å². The van der Waals surface area contributed by atoms with Crippen LogP contribution in [0.15, 0.2) is 6.33 Å². The Balaban J connectivity index is 2.26. The summed E-state index contributed by atoms with van der Waals surface area (Å²) in [6.07, 6.45) is 2.91. The molecule has 1 heterocycles. The van der Waals surface area contributed by atoms with E-state index in [4.69, 9.17) is 0 Å². The number of nitrogens with zero attached hydrogens (tertiary/aromatic N) is 3. The van der Waals surface area contributed by atoms with Crippen molar-refractivity contribution in [2.45, 2.75) is 39.8 Å². The van der Waals surface area contributed by atoms with E-state index in [0.717, 1.165) is 18.3 Å². The molecule has 0 saturated heterocycles. The number of hydrogen-bond donors (Lipinski definition) is 1. The van der Waals surface area contributed by atoms with Crippen molar-refractivity contribution in [3.05, 3.63) is 12.2 Å². The Morgan fingerprint density at radius 1 is 1.43 bits per heavy atom. The molecule has 0 aliphatic rings. The van der Waals surface area contributed by atoms with Gasteiger partial charge in [0.15, 0.2) is 5.82 Å². The van der Waals surface area contributed by atoms with Gasteiger partial charge in [0.2, 0.25) is 0 Å². The Labute approximate surface area is 85.7 Å². The molecule has 0 fully saturated rings. The summed E-state index contributed by atoms with van der Waals surface area (Å²) in [7, 11) is 1.88. The van der Waals surface area contributed by atoms with Crippen LogP contribution in [0.25, 0.3) is 0 Å². The van der Waals surface area contributed by atoms with Gasteiger partial charge in [-0.25, -0.2) is 4.98 Å². The van der Waals surface area contributed by atoms with E-state index < -0.39 is 0 Å². The van der Waals surface area contributed by atoms with Gasteiger partial charge in [0, 0.05) is 13.1 Å². The molecule has 4 heteroatoms. The van der Waals surface area contributed by atoms with E-state index >= 15 is 0 Å². The predicted octanol–water partition coefficient (Wildman–Crippen LogP) is 1.34. The molecule has 1 rings (SSSR count). The van der Waals surface area contributed by atoms with Gasteiger partial charge in [-0.15, -0.1) is 0 Å². The van der Waals surface area contributed by atoms with Crippen molar-refractivity contribution in [2.75, 3.05) is 0 Å². The summed E-state index contributed by atoms with van der Waals surface area (Å²) in [6, 6.07) is 0.527. The molecule has 0 saturated carbocycles. The third-order valence-corrected chi connectivity index (χ3v) is 2.08. The molecule has 0 aromatic carbocycles. The van der Waals surface area contributed by atoms with Crippen LogP contribution in [0, 0.1) is 5.92 Å². The smallest absolute Gasteiger partial charge is 0.164 e. The summed E-state index contributed by atoms with van der Waals surface area (Å²) in [6.45, 7) is 7.42. The molecule has 1 aromatic heterocycles. The maximum absolute atomic E-state index is 4.20. The number of aromatic nitrogens is 3. The van der Waals surface area contributed by atoms with Gasteiger partial charge in [0.1, 0.15) is 6.33 Å². The van der Waals surface area contributed by atoms with Crippen LogP contribution in [0.5, 0.6) is 0 Å². The van der Waals surface area contributed by atoms with Gasteiger partial charge in [-0.05, 0) is 19.3 Å². The maximum atomic E-state index is 4.20. The zero-order chi connectivity index (χ0) is 10.6. The predicted molar refractivity (Wildman–Crippen MR) is 56.8 cm³/mol. The van der Waals surface area contributed by atoms with Crippen LogP contribution in [0.3, 0.4) is 0 Å². The van der Waals surface area contributed by atoms with Crippen molar-refractivity contribution < 1.29 is 0 Å². The molecular formula is C10H20N4. The van der Waals surface area contributed by atoms with Gasteiger partial charge in [0.25, 0.3) is 0 Å². The maximum Gasteiger partial charge on any atom is 0.164 e. The van der Waals surface area contributed by atoms with Gasteiger partial charge in [-0.3, -0.25) is 4.68 Å². The van der Waals surface area contributed by atoms with Crippen molar-refractivity contribution in [2.24, 2.45) is 13.0 Å². The van der Waals surface area contributed by atoms with E-state index in [-0.39, 0.29) is 0 Å². The van der Waals surface area contributed by atoms with Crippen molar-refractivity contribution >= 4 is 0 Å². The van der Waals surface area contributed by atoms with Crippen LogP contribution in [0.2, 0.25) is 0 Å². The zero-order valence-electron chi connectivity index (χ0n) is 9.49. The Kier molecular flexibility index (Phi) is 4.07. The second-order valence-corrected chi connectivity index (χ2v) is 4.25. The second-order valence-electron chi connectivity index (χ2n) is 4.25. The summed E-state index contributed by atoms with van der Waals surface area (Å²) in [5.41, 5.74) is 0. The Bertz CT molecular complexity index is 267. The average Bonchev–Trinajstić information content (AvgIpc) is 2.47. The van der Waals surface area contributed by atoms with Crippen LogP contribution in [-0.2, 0) is 13.6 Å². The molecule has 1 aromatic rings. The first kappa shape index (κ1) is 11.2. The van der Waals surface area contributed by atoms with Gasteiger partial charge < -0.3 is 5.32 Å². The first-order valence-electron chi connectivity index (χ1n) is 5.16. The van der Waals surface area contributed by atoms with Gasteiger partial charge in [0.05, 0.1) is 6.54 Å². The van der Waals surface area contributed by atoms with Crippen LogP contribution in [-0.4, -0.2) is 20.8 Å². The SMILES string of the molecule is CC(C)CC(C)NCc1ncn(C)n1. The Hall–Kier alpha value is -0.900. The lowest BCUT2D eigenvalue weighted by atomic mass is 10.1. The fourth-order valence-electron chi connectivity index (χ4n) is 1.52. The third kappa shape index (κ3) is 3.87. The first-order valence-corrected chi connectivity index (χ1v) is 5.16. The molecule has 14 heavy (non-hydrogen) atoms. The molecule has 0 aliphatic heterocycles. The van der Waals surface area contributed by atoms with Crippen molar-refractivity contribution in [3.8, 4) is 0 Å². The summed E-state index contributed by atoms with van der Waals surface area (Å²) < 4.78 is 1.73. The van der Waals surface area contributed by atoms with Crippen LogP contribution < -0.4 is 5.32 Å². The minimum absolute atomic E-state index is 0.527. The topological polar surface area (TPSA) is 42.7 Å². The highest BCUT2D eigenvalue weighted by molar-refractivity contribution is 4.81. The highest BCUT2D eigenvalue weighted by atomic mass is 15.3. The van der Waals surface area contributed by atoms with Crippen LogP contribution in [0.1, 0.15) is 33.0 Å². The Morgan fingerprint density at radius 3 is 2.64 bits per heavy atom.